The molecule has 26 heavy (non-hydrogen) atoms. The van der Waals surface area contributed by atoms with Crippen molar-refractivity contribution in [2.24, 2.45) is 0 Å². The average molecular weight is 421 g/mol. The molecule has 140 valence electrons. The van der Waals surface area contributed by atoms with Crippen molar-refractivity contribution < 1.29 is 14.2 Å². The zero-order valence-corrected chi connectivity index (χ0v) is 17.1. The molecule has 0 bridgehead atoms. The van der Waals surface area contributed by atoms with Gasteiger partial charge < -0.3 is 19.1 Å². The molecule has 0 aliphatic carbocycles. The Hall–Kier alpha value is -1.92. The summed E-state index contributed by atoms with van der Waals surface area (Å²) in [6, 6.07) is 12.3. The normalized spacial score (nSPS) is 15.0. The van der Waals surface area contributed by atoms with Gasteiger partial charge in [-0.15, -0.1) is 0 Å². The molecule has 0 unspecified atom stereocenters. The fourth-order valence-electron chi connectivity index (χ4n) is 3.25. The number of methoxy groups -OCH3 is 3. The molecule has 6 heteroatoms. The summed E-state index contributed by atoms with van der Waals surface area (Å²) in [5.74, 6) is 2.61. The first kappa shape index (κ1) is 18.9. The van der Waals surface area contributed by atoms with E-state index in [-0.39, 0.29) is 0 Å². The summed E-state index contributed by atoms with van der Waals surface area (Å²) in [6.07, 6.45) is 0. The number of halogens is 1. The summed E-state index contributed by atoms with van der Waals surface area (Å²) in [5.41, 5.74) is 2.39. The number of anilines is 1. The molecule has 1 aliphatic rings. The highest BCUT2D eigenvalue weighted by molar-refractivity contribution is 9.10. The first-order valence-corrected chi connectivity index (χ1v) is 9.45. The number of rotatable bonds is 6. The van der Waals surface area contributed by atoms with E-state index in [1.807, 2.05) is 18.2 Å². The van der Waals surface area contributed by atoms with Gasteiger partial charge in [0.25, 0.3) is 0 Å². The zero-order chi connectivity index (χ0) is 18.5. The number of piperazine rings is 1. The summed E-state index contributed by atoms with van der Waals surface area (Å²) in [7, 11) is 5.09. The van der Waals surface area contributed by atoms with Crippen molar-refractivity contribution in [2.75, 3.05) is 52.4 Å². The third kappa shape index (κ3) is 4.24. The number of nitrogens with zero attached hydrogens (tertiary/aromatic N) is 2. The van der Waals surface area contributed by atoms with E-state index >= 15 is 0 Å². The summed E-state index contributed by atoms with van der Waals surface area (Å²) in [5, 5.41) is 0. The highest BCUT2D eigenvalue weighted by atomic mass is 79.9. The Labute approximate surface area is 163 Å². The quantitative estimate of drug-likeness (QED) is 0.709. The van der Waals surface area contributed by atoms with Crippen LogP contribution in [0.15, 0.2) is 40.9 Å². The second-order valence-corrected chi connectivity index (χ2v) is 7.11. The molecule has 1 aliphatic heterocycles. The lowest BCUT2D eigenvalue weighted by Crippen LogP contribution is -2.46. The molecule has 0 spiro atoms. The average Bonchev–Trinajstić information content (AvgIpc) is 2.69. The standard InChI is InChI=1S/C20H25BrN2O3/c1-24-17-6-4-16(5-7-17)23-10-8-22(9-11-23)14-15-12-20(26-3)18(21)13-19(15)25-2/h4-7,12-13H,8-11,14H2,1-3H3. The molecular formula is C20H25BrN2O3. The molecule has 2 aromatic carbocycles. The Bertz CT molecular complexity index is 729. The molecule has 0 N–H and O–H groups in total. The SMILES string of the molecule is COc1ccc(N2CCN(Cc3cc(OC)c(Br)cc3OC)CC2)cc1. The summed E-state index contributed by atoms with van der Waals surface area (Å²) in [6.45, 7) is 4.87. The van der Waals surface area contributed by atoms with Crippen LogP contribution in [0.3, 0.4) is 0 Å². The molecule has 0 amide bonds. The Morgan fingerprint density at radius 3 is 2.08 bits per heavy atom. The second kappa shape index (κ2) is 8.64. The minimum absolute atomic E-state index is 0.831. The van der Waals surface area contributed by atoms with Crippen LogP contribution < -0.4 is 19.1 Å². The highest BCUT2D eigenvalue weighted by Gasteiger charge is 2.19. The van der Waals surface area contributed by atoms with Gasteiger partial charge in [-0.2, -0.15) is 0 Å². The predicted molar refractivity (Wildman–Crippen MR) is 108 cm³/mol. The highest BCUT2D eigenvalue weighted by Crippen LogP contribution is 2.33. The minimum Gasteiger partial charge on any atom is -0.497 e. The molecule has 5 nitrogen and oxygen atoms in total. The van der Waals surface area contributed by atoms with Crippen molar-refractivity contribution in [3.05, 3.63) is 46.4 Å². The smallest absolute Gasteiger partial charge is 0.133 e. The van der Waals surface area contributed by atoms with Gasteiger partial charge >= 0.3 is 0 Å². The van der Waals surface area contributed by atoms with Crippen LogP contribution in [0, 0.1) is 0 Å². The van der Waals surface area contributed by atoms with Crippen LogP contribution in [-0.2, 0) is 6.54 Å². The van der Waals surface area contributed by atoms with Crippen LogP contribution in [0.2, 0.25) is 0 Å². The first-order chi connectivity index (χ1) is 12.6. The maximum absolute atomic E-state index is 5.54. The molecule has 0 radical (unpaired) electrons. The van der Waals surface area contributed by atoms with Crippen LogP contribution in [0.1, 0.15) is 5.56 Å². The van der Waals surface area contributed by atoms with Gasteiger partial charge in [0.1, 0.15) is 17.2 Å². The number of hydrogen-bond acceptors (Lipinski definition) is 5. The van der Waals surface area contributed by atoms with E-state index in [0.29, 0.717) is 0 Å². The molecule has 1 heterocycles. The van der Waals surface area contributed by atoms with E-state index < -0.39 is 0 Å². The molecule has 0 aromatic heterocycles. The summed E-state index contributed by atoms with van der Waals surface area (Å²) < 4.78 is 17.1. The van der Waals surface area contributed by atoms with Crippen LogP contribution in [-0.4, -0.2) is 52.4 Å². The van der Waals surface area contributed by atoms with Crippen LogP contribution in [0.5, 0.6) is 17.2 Å². The molecule has 2 aromatic rings. The van der Waals surface area contributed by atoms with Crippen molar-refractivity contribution in [2.45, 2.75) is 6.54 Å². The van der Waals surface area contributed by atoms with Crippen molar-refractivity contribution >= 4 is 21.6 Å². The summed E-state index contributed by atoms with van der Waals surface area (Å²) >= 11 is 3.52. The number of hydrogen-bond donors (Lipinski definition) is 0. The maximum Gasteiger partial charge on any atom is 0.133 e. The van der Waals surface area contributed by atoms with Crippen LogP contribution >= 0.6 is 15.9 Å². The topological polar surface area (TPSA) is 34.2 Å². The largest absolute Gasteiger partial charge is 0.497 e. The van der Waals surface area contributed by atoms with E-state index in [0.717, 1.165) is 60.0 Å². The van der Waals surface area contributed by atoms with Gasteiger partial charge in [-0.1, -0.05) is 0 Å². The van der Waals surface area contributed by atoms with E-state index in [2.05, 4.69) is 43.9 Å². The Kier molecular flexibility index (Phi) is 6.27. The van der Waals surface area contributed by atoms with Crippen molar-refractivity contribution in [1.29, 1.82) is 0 Å². The molecule has 3 rings (SSSR count). The van der Waals surface area contributed by atoms with Crippen molar-refractivity contribution in [1.82, 2.24) is 4.90 Å². The van der Waals surface area contributed by atoms with E-state index in [4.69, 9.17) is 14.2 Å². The second-order valence-electron chi connectivity index (χ2n) is 6.26. The van der Waals surface area contributed by atoms with Gasteiger partial charge in [0.15, 0.2) is 0 Å². The lowest BCUT2D eigenvalue weighted by molar-refractivity contribution is 0.245. The number of ether oxygens (including phenoxy) is 3. The third-order valence-electron chi connectivity index (χ3n) is 4.76. The fraction of sp³-hybridized carbons (Fsp3) is 0.400. The van der Waals surface area contributed by atoms with Gasteiger partial charge in [-0.05, 0) is 52.3 Å². The molecule has 0 saturated carbocycles. The van der Waals surface area contributed by atoms with E-state index in [1.165, 1.54) is 5.69 Å². The van der Waals surface area contributed by atoms with Gasteiger partial charge in [-0.25, -0.2) is 0 Å². The Morgan fingerprint density at radius 2 is 1.50 bits per heavy atom. The van der Waals surface area contributed by atoms with Crippen molar-refractivity contribution in [3.63, 3.8) is 0 Å². The third-order valence-corrected chi connectivity index (χ3v) is 5.38. The zero-order valence-electron chi connectivity index (χ0n) is 15.5. The van der Waals surface area contributed by atoms with E-state index in [9.17, 15) is 0 Å². The minimum atomic E-state index is 0.831. The van der Waals surface area contributed by atoms with Crippen molar-refractivity contribution in [3.8, 4) is 17.2 Å². The van der Waals surface area contributed by atoms with Gasteiger partial charge in [0, 0.05) is 44.0 Å². The van der Waals surface area contributed by atoms with E-state index in [1.54, 1.807) is 21.3 Å². The molecular weight excluding hydrogens is 396 g/mol. The monoisotopic (exact) mass is 420 g/mol. The molecule has 1 saturated heterocycles. The lowest BCUT2D eigenvalue weighted by Gasteiger charge is -2.36. The summed E-state index contributed by atoms with van der Waals surface area (Å²) in [4.78, 5) is 4.86. The van der Waals surface area contributed by atoms with Crippen LogP contribution in [0.25, 0.3) is 0 Å². The maximum atomic E-state index is 5.54. The Morgan fingerprint density at radius 1 is 0.846 bits per heavy atom. The first-order valence-electron chi connectivity index (χ1n) is 8.66. The lowest BCUT2D eigenvalue weighted by atomic mass is 10.1. The molecule has 0 atom stereocenters. The van der Waals surface area contributed by atoms with Gasteiger partial charge in [-0.3, -0.25) is 4.90 Å². The van der Waals surface area contributed by atoms with Crippen LogP contribution in [0.4, 0.5) is 5.69 Å². The number of benzene rings is 2. The Balaban J connectivity index is 1.63. The molecule has 1 fully saturated rings. The van der Waals surface area contributed by atoms with Gasteiger partial charge in [0.05, 0.1) is 25.8 Å². The van der Waals surface area contributed by atoms with Gasteiger partial charge in [0.2, 0.25) is 0 Å². The predicted octanol–water partition coefficient (Wildman–Crippen LogP) is 3.80. The fourth-order valence-corrected chi connectivity index (χ4v) is 3.73.